The van der Waals surface area contributed by atoms with Crippen molar-refractivity contribution in [2.24, 2.45) is 0 Å². The molecule has 100 valence electrons. The summed E-state index contributed by atoms with van der Waals surface area (Å²) in [6.07, 6.45) is -0.724. The molecule has 2 unspecified atom stereocenters. The Labute approximate surface area is 104 Å². The Morgan fingerprint density at radius 2 is 2.28 bits per heavy atom. The molecule has 0 aliphatic heterocycles. The van der Waals surface area contributed by atoms with E-state index in [1.54, 1.807) is 7.05 Å². The number of aliphatic hydroxyl groups is 2. The normalized spacial score (nSPS) is 14.2. The zero-order chi connectivity index (χ0) is 13.7. The van der Waals surface area contributed by atoms with E-state index in [9.17, 15) is 20.3 Å². The first-order valence-electron chi connectivity index (χ1n) is 5.38. The van der Waals surface area contributed by atoms with Gasteiger partial charge in [-0.05, 0) is 20.0 Å². The van der Waals surface area contributed by atoms with Crippen LogP contribution in [-0.4, -0.2) is 39.8 Å². The lowest BCUT2D eigenvalue weighted by molar-refractivity contribution is -0.384. The molecule has 1 aromatic heterocycles. The number of nitrogens with zero attached hydrogens (tertiary/aromatic N) is 2. The van der Waals surface area contributed by atoms with Crippen molar-refractivity contribution in [3.05, 3.63) is 27.9 Å². The van der Waals surface area contributed by atoms with Gasteiger partial charge in [0.05, 0.1) is 11.0 Å². The maximum absolute atomic E-state index is 10.7. The van der Waals surface area contributed by atoms with Crippen molar-refractivity contribution in [2.75, 3.05) is 19.3 Å². The molecule has 0 bridgehead atoms. The second kappa shape index (κ2) is 6.24. The lowest BCUT2D eigenvalue weighted by atomic mass is 10.0. The molecule has 8 heteroatoms. The van der Waals surface area contributed by atoms with Gasteiger partial charge in [0.1, 0.15) is 6.10 Å². The van der Waals surface area contributed by atoms with E-state index in [4.69, 9.17) is 5.73 Å². The number of aromatic nitrogens is 1. The first-order valence-corrected chi connectivity index (χ1v) is 5.38. The van der Waals surface area contributed by atoms with Crippen LogP contribution in [0.1, 0.15) is 18.1 Å². The van der Waals surface area contributed by atoms with Gasteiger partial charge in [-0.3, -0.25) is 10.1 Å². The van der Waals surface area contributed by atoms with Crippen molar-refractivity contribution in [3.63, 3.8) is 0 Å². The van der Waals surface area contributed by atoms with Gasteiger partial charge in [-0.25, -0.2) is 4.98 Å². The third kappa shape index (κ3) is 3.36. The van der Waals surface area contributed by atoms with Crippen LogP contribution < -0.4 is 11.1 Å². The van der Waals surface area contributed by atoms with Crippen molar-refractivity contribution in [2.45, 2.75) is 18.6 Å². The third-order valence-electron chi connectivity index (χ3n) is 2.51. The van der Waals surface area contributed by atoms with Crippen LogP contribution in [0.3, 0.4) is 0 Å². The summed E-state index contributed by atoms with van der Waals surface area (Å²) < 4.78 is 0. The molecule has 1 heterocycles. The molecule has 0 saturated carbocycles. The number of nitrogens with two attached hydrogens (primary N) is 1. The molecular formula is C10H16N4O4. The number of nitro groups is 1. The predicted octanol–water partition coefficient (Wildman–Crippen LogP) is -0.424. The van der Waals surface area contributed by atoms with Crippen LogP contribution in [0.4, 0.5) is 11.5 Å². The Hall–Kier alpha value is -1.77. The van der Waals surface area contributed by atoms with E-state index in [0.717, 1.165) is 6.07 Å². The molecule has 18 heavy (non-hydrogen) atoms. The SMILES string of the molecule is CNCCC(O)C(O)c1cnc(N)c([N+](=O)[O-])c1. The van der Waals surface area contributed by atoms with Crippen molar-refractivity contribution < 1.29 is 15.1 Å². The van der Waals surface area contributed by atoms with Gasteiger partial charge in [-0.1, -0.05) is 0 Å². The third-order valence-corrected chi connectivity index (χ3v) is 2.51. The Balaban J connectivity index is 2.89. The maximum atomic E-state index is 10.7. The lowest BCUT2D eigenvalue weighted by Crippen LogP contribution is -2.23. The fraction of sp³-hybridized carbons (Fsp3) is 0.500. The standard InChI is InChI=1S/C10H16N4O4/c1-12-3-2-8(15)9(16)6-4-7(14(17)18)10(11)13-5-6/h4-5,8-9,12,15-16H,2-3H2,1H3,(H2,11,13). The van der Waals surface area contributed by atoms with Crippen LogP contribution >= 0.6 is 0 Å². The Bertz CT molecular complexity index is 426. The number of hydrogen-bond acceptors (Lipinski definition) is 7. The summed E-state index contributed by atoms with van der Waals surface area (Å²) in [6.45, 7) is 0.517. The van der Waals surface area contributed by atoms with Gasteiger partial charge < -0.3 is 21.3 Å². The van der Waals surface area contributed by atoms with Crippen LogP contribution in [0.2, 0.25) is 0 Å². The second-order valence-corrected chi connectivity index (χ2v) is 3.83. The van der Waals surface area contributed by atoms with E-state index < -0.39 is 17.1 Å². The largest absolute Gasteiger partial charge is 0.390 e. The maximum Gasteiger partial charge on any atom is 0.311 e. The van der Waals surface area contributed by atoms with Crippen molar-refractivity contribution in [3.8, 4) is 0 Å². The lowest BCUT2D eigenvalue weighted by Gasteiger charge is -2.17. The van der Waals surface area contributed by atoms with Crippen LogP contribution in [0.5, 0.6) is 0 Å². The fourth-order valence-electron chi connectivity index (χ4n) is 1.46. The van der Waals surface area contributed by atoms with Gasteiger partial charge in [-0.2, -0.15) is 0 Å². The van der Waals surface area contributed by atoms with E-state index in [0.29, 0.717) is 13.0 Å². The van der Waals surface area contributed by atoms with Gasteiger partial charge in [-0.15, -0.1) is 0 Å². The average molecular weight is 256 g/mol. The van der Waals surface area contributed by atoms with Gasteiger partial charge in [0, 0.05) is 17.8 Å². The highest BCUT2D eigenvalue weighted by molar-refractivity contribution is 5.53. The number of anilines is 1. The molecule has 8 nitrogen and oxygen atoms in total. The molecule has 5 N–H and O–H groups in total. The summed E-state index contributed by atoms with van der Waals surface area (Å²) in [4.78, 5) is 13.6. The smallest absolute Gasteiger partial charge is 0.311 e. The fourth-order valence-corrected chi connectivity index (χ4v) is 1.46. The monoisotopic (exact) mass is 256 g/mol. The quantitative estimate of drug-likeness (QED) is 0.401. The van der Waals surface area contributed by atoms with Crippen LogP contribution in [0.25, 0.3) is 0 Å². The molecule has 0 amide bonds. The minimum Gasteiger partial charge on any atom is -0.390 e. The number of nitrogens with one attached hydrogen (secondary N) is 1. The summed E-state index contributed by atoms with van der Waals surface area (Å²) in [6, 6.07) is 1.12. The summed E-state index contributed by atoms with van der Waals surface area (Å²) in [5.74, 6) is -0.222. The molecule has 0 fully saturated rings. The number of nitrogen functional groups attached to an aromatic ring is 1. The molecule has 0 spiro atoms. The Morgan fingerprint density at radius 3 is 2.83 bits per heavy atom. The van der Waals surface area contributed by atoms with Gasteiger partial charge in [0.25, 0.3) is 0 Å². The predicted molar refractivity (Wildman–Crippen MR) is 64.8 cm³/mol. The van der Waals surface area contributed by atoms with Gasteiger partial charge >= 0.3 is 5.69 Å². The van der Waals surface area contributed by atoms with Crippen molar-refractivity contribution in [1.82, 2.24) is 10.3 Å². The Morgan fingerprint density at radius 1 is 1.61 bits per heavy atom. The van der Waals surface area contributed by atoms with E-state index >= 15 is 0 Å². The van der Waals surface area contributed by atoms with Crippen LogP contribution in [-0.2, 0) is 0 Å². The van der Waals surface area contributed by atoms with Crippen LogP contribution in [0.15, 0.2) is 12.3 Å². The molecule has 0 saturated heterocycles. The molecular weight excluding hydrogens is 240 g/mol. The van der Waals surface area contributed by atoms with E-state index in [1.165, 1.54) is 6.20 Å². The Kier molecular flexibility index (Phi) is 4.95. The summed E-state index contributed by atoms with van der Waals surface area (Å²) in [5.41, 5.74) is 5.12. The second-order valence-electron chi connectivity index (χ2n) is 3.83. The highest BCUT2D eigenvalue weighted by Crippen LogP contribution is 2.25. The first kappa shape index (κ1) is 14.3. The minimum absolute atomic E-state index is 0.166. The summed E-state index contributed by atoms with van der Waals surface area (Å²) in [5, 5.41) is 33.0. The topological polar surface area (TPSA) is 135 Å². The molecule has 1 rings (SSSR count). The molecule has 0 radical (unpaired) electrons. The highest BCUT2D eigenvalue weighted by Gasteiger charge is 2.22. The van der Waals surface area contributed by atoms with E-state index in [-0.39, 0.29) is 17.1 Å². The number of aliphatic hydroxyl groups excluding tert-OH is 2. The summed E-state index contributed by atoms with van der Waals surface area (Å²) in [7, 11) is 1.72. The molecule has 1 aromatic rings. The first-order chi connectivity index (χ1) is 8.47. The molecule has 2 atom stereocenters. The molecule has 0 aromatic carbocycles. The van der Waals surface area contributed by atoms with Gasteiger partial charge in [0.15, 0.2) is 0 Å². The minimum atomic E-state index is -1.23. The average Bonchev–Trinajstić information content (AvgIpc) is 2.35. The van der Waals surface area contributed by atoms with Crippen LogP contribution in [0, 0.1) is 10.1 Å². The highest BCUT2D eigenvalue weighted by atomic mass is 16.6. The number of pyridine rings is 1. The molecule has 0 aliphatic carbocycles. The number of rotatable bonds is 6. The summed E-state index contributed by atoms with van der Waals surface area (Å²) >= 11 is 0. The zero-order valence-electron chi connectivity index (χ0n) is 9.91. The zero-order valence-corrected chi connectivity index (χ0v) is 9.91. The van der Waals surface area contributed by atoms with E-state index in [2.05, 4.69) is 10.3 Å². The molecule has 0 aliphatic rings. The van der Waals surface area contributed by atoms with Crippen molar-refractivity contribution >= 4 is 11.5 Å². The number of hydrogen-bond donors (Lipinski definition) is 4. The van der Waals surface area contributed by atoms with Gasteiger partial charge in [0.2, 0.25) is 5.82 Å². The van der Waals surface area contributed by atoms with E-state index in [1.807, 2.05) is 0 Å². The van der Waals surface area contributed by atoms with Crippen molar-refractivity contribution in [1.29, 1.82) is 0 Å².